The monoisotopic (exact) mass is 152 g/mol. The summed E-state index contributed by atoms with van der Waals surface area (Å²) < 4.78 is 0. The zero-order valence-electron chi connectivity index (χ0n) is 5.16. The summed E-state index contributed by atoms with van der Waals surface area (Å²) in [5.41, 5.74) is 1.00. The van der Waals surface area contributed by atoms with E-state index in [9.17, 15) is 0 Å². The zero-order chi connectivity index (χ0) is 6.97. The van der Waals surface area contributed by atoms with Gasteiger partial charge in [0.25, 0.3) is 0 Å². The minimum Gasteiger partial charge on any atom is -0.237 e. The Balaban J connectivity index is 2.45. The Morgan fingerprint density at radius 2 is 2.40 bits per heavy atom. The summed E-state index contributed by atoms with van der Waals surface area (Å²) in [4.78, 5) is 8.03. The topological polar surface area (TPSA) is 24.7 Å². The van der Waals surface area contributed by atoms with Crippen LogP contribution in [0, 0.1) is 0 Å². The molecule has 0 bridgehead atoms. The first-order chi connectivity index (χ1) is 4.88. The number of fused-ring (bicyclic) bond motifs is 1. The fourth-order valence-electron chi connectivity index (χ4n) is 0.953. The van der Waals surface area contributed by atoms with Gasteiger partial charge in [-0.05, 0) is 12.2 Å². The Kier molecular flexibility index (Phi) is 1.21. The molecule has 1 atom stereocenters. The van der Waals surface area contributed by atoms with Gasteiger partial charge < -0.3 is 0 Å². The van der Waals surface area contributed by atoms with E-state index in [1.165, 1.54) is 0 Å². The lowest BCUT2D eigenvalue weighted by Gasteiger charge is -2.08. The summed E-state index contributed by atoms with van der Waals surface area (Å²) in [5.74, 6) is 0.752. The third kappa shape index (κ3) is 0.727. The zero-order valence-corrected chi connectivity index (χ0v) is 5.92. The van der Waals surface area contributed by atoms with Crippen LogP contribution in [0.3, 0.4) is 0 Å². The molecule has 0 fully saturated rings. The van der Waals surface area contributed by atoms with Gasteiger partial charge >= 0.3 is 0 Å². The molecular weight excluding hydrogens is 148 g/mol. The fourth-order valence-corrected chi connectivity index (χ4v) is 1.19. The van der Waals surface area contributed by atoms with Gasteiger partial charge in [-0.15, -0.1) is 11.6 Å². The van der Waals surface area contributed by atoms with Gasteiger partial charge in [0.2, 0.25) is 0 Å². The van der Waals surface area contributed by atoms with Crippen molar-refractivity contribution in [3.05, 3.63) is 23.9 Å². The van der Waals surface area contributed by atoms with Crippen molar-refractivity contribution in [3.63, 3.8) is 0 Å². The van der Waals surface area contributed by atoms with Crippen LogP contribution in [0.1, 0.15) is 0 Å². The van der Waals surface area contributed by atoms with Gasteiger partial charge in [0.05, 0.1) is 5.38 Å². The van der Waals surface area contributed by atoms with Crippen LogP contribution in [-0.4, -0.2) is 17.4 Å². The van der Waals surface area contributed by atoms with Crippen LogP contribution in [0.4, 0.5) is 0 Å². The van der Waals surface area contributed by atoms with Crippen LogP contribution in [0.25, 0.3) is 0 Å². The van der Waals surface area contributed by atoms with Gasteiger partial charge in [0, 0.05) is 18.0 Å². The molecule has 0 aromatic carbocycles. The minimum absolute atomic E-state index is 0.0463. The maximum absolute atomic E-state index is 5.90. The summed E-state index contributed by atoms with van der Waals surface area (Å²) in [5, 5.41) is -0.0463. The van der Waals surface area contributed by atoms with Crippen molar-refractivity contribution in [2.45, 2.75) is 5.38 Å². The van der Waals surface area contributed by atoms with E-state index in [0.29, 0.717) is 0 Å². The highest BCUT2D eigenvalue weighted by molar-refractivity contribution is 6.29. The normalized spacial score (nSPS) is 27.9. The molecule has 0 aliphatic carbocycles. The molecule has 0 aromatic heterocycles. The molecular formula is C7H5ClN2. The summed E-state index contributed by atoms with van der Waals surface area (Å²) in [7, 11) is 0. The van der Waals surface area contributed by atoms with Crippen LogP contribution < -0.4 is 0 Å². The van der Waals surface area contributed by atoms with Gasteiger partial charge in [-0.2, -0.15) is 0 Å². The Morgan fingerprint density at radius 3 is 3.20 bits per heavy atom. The first-order valence-corrected chi connectivity index (χ1v) is 3.45. The van der Waals surface area contributed by atoms with Crippen molar-refractivity contribution in [1.82, 2.24) is 0 Å². The molecule has 2 nitrogen and oxygen atoms in total. The number of halogens is 1. The van der Waals surface area contributed by atoms with E-state index >= 15 is 0 Å². The number of nitrogens with zero attached hydrogens (tertiary/aromatic N) is 2. The molecule has 2 aliphatic heterocycles. The summed E-state index contributed by atoms with van der Waals surface area (Å²) in [6.45, 7) is 0. The molecule has 0 saturated heterocycles. The van der Waals surface area contributed by atoms with E-state index in [0.717, 1.165) is 11.4 Å². The highest BCUT2D eigenvalue weighted by Gasteiger charge is 2.18. The molecule has 10 heavy (non-hydrogen) atoms. The SMILES string of the molecule is Cl[C@H]1C=CN=C2N=CC=C21. The smallest absolute Gasteiger partial charge is 0.156 e. The quantitative estimate of drug-likeness (QED) is 0.471. The summed E-state index contributed by atoms with van der Waals surface area (Å²) in [6.07, 6.45) is 7.13. The maximum atomic E-state index is 5.90. The van der Waals surface area contributed by atoms with Crippen molar-refractivity contribution in [2.24, 2.45) is 9.98 Å². The molecule has 0 unspecified atom stereocenters. The van der Waals surface area contributed by atoms with E-state index < -0.39 is 0 Å². The standard InChI is InChI=1S/C7H5ClN2/c8-6-2-4-10-7-5(6)1-3-9-7/h1-4,6H/t6-/m0/s1. The number of allylic oxidation sites excluding steroid dienone is 2. The van der Waals surface area contributed by atoms with Crippen molar-refractivity contribution >= 4 is 23.7 Å². The predicted molar refractivity (Wildman–Crippen MR) is 42.8 cm³/mol. The van der Waals surface area contributed by atoms with Crippen molar-refractivity contribution in [1.29, 1.82) is 0 Å². The van der Waals surface area contributed by atoms with Crippen molar-refractivity contribution in [2.75, 3.05) is 0 Å². The Bertz CT molecular complexity index is 273. The van der Waals surface area contributed by atoms with Crippen molar-refractivity contribution in [3.8, 4) is 0 Å². The lowest BCUT2D eigenvalue weighted by Crippen LogP contribution is -2.09. The number of rotatable bonds is 0. The van der Waals surface area contributed by atoms with Crippen molar-refractivity contribution < 1.29 is 0 Å². The van der Waals surface area contributed by atoms with E-state index in [4.69, 9.17) is 11.6 Å². The average molecular weight is 153 g/mol. The van der Waals surface area contributed by atoms with E-state index in [2.05, 4.69) is 9.98 Å². The highest BCUT2D eigenvalue weighted by Crippen LogP contribution is 2.20. The van der Waals surface area contributed by atoms with Crippen LogP contribution in [-0.2, 0) is 0 Å². The van der Waals surface area contributed by atoms with Gasteiger partial charge in [0.15, 0.2) is 5.84 Å². The molecule has 2 rings (SSSR count). The summed E-state index contributed by atoms with van der Waals surface area (Å²) >= 11 is 5.90. The van der Waals surface area contributed by atoms with E-state index in [1.54, 1.807) is 12.4 Å². The predicted octanol–water partition coefficient (Wildman–Crippen LogP) is 1.53. The van der Waals surface area contributed by atoms with Gasteiger partial charge in [0.1, 0.15) is 0 Å². The maximum Gasteiger partial charge on any atom is 0.156 e. The Hall–Kier alpha value is -0.890. The molecule has 0 amide bonds. The molecule has 50 valence electrons. The molecule has 3 heteroatoms. The molecule has 2 heterocycles. The fraction of sp³-hybridized carbons (Fsp3) is 0.143. The number of hydrogen-bond donors (Lipinski definition) is 0. The molecule has 0 radical (unpaired) electrons. The number of amidine groups is 1. The van der Waals surface area contributed by atoms with Crippen LogP contribution in [0.5, 0.6) is 0 Å². The first-order valence-electron chi connectivity index (χ1n) is 3.01. The molecule has 2 aliphatic rings. The largest absolute Gasteiger partial charge is 0.237 e. The Labute approximate surface area is 63.6 Å². The van der Waals surface area contributed by atoms with Gasteiger partial charge in [-0.25, -0.2) is 9.98 Å². The molecule has 0 spiro atoms. The second-order valence-corrected chi connectivity index (χ2v) is 2.57. The van der Waals surface area contributed by atoms with Crippen LogP contribution in [0.2, 0.25) is 0 Å². The third-order valence-electron chi connectivity index (χ3n) is 1.46. The number of alkyl halides is 1. The average Bonchev–Trinajstić information content (AvgIpc) is 2.36. The van der Waals surface area contributed by atoms with Crippen LogP contribution >= 0.6 is 11.6 Å². The minimum atomic E-state index is -0.0463. The lowest BCUT2D eigenvalue weighted by molar-refractivity contribution is 1.25. The highest BCUT2D eigenvalue weighted by atomic mass is 35.5. The molecule has 0 aromatic rings. The van der Waals surface area contributed by atoms with E-state index in [1.807, 2.05) is 12.2 Å². The van der Waals surface area contributed by atoms with E-state index in [-0.39, 0.29) is 5.38 Å². The van der Waals surface area contributed by atoms with Crippen LogP contribution in [0.15, 0.2) is 33.9 Å². The van der Waals surface area contributed by atoms with Gasteiger partial charge in [-0.1, -0.05) is 0 Å². The second-order valence-electron chi connectivity index (χ2n) is 2.10. The van der Waals surface area contributed by atoms with Gasteiger partial charge in [-0.3, -0.25) is 0 Å². The third-order valence-corrected chi connectivity index (χ3v) is 1.84. The first kappa shape index (κ1) is 5.86. The molecule has 0 saturated carbocycles. The number of aliphatic imine (C=N–C) groups is 2. The summed E-state index contributed by atoms with van der Waals surface area (Å²) in [6, 6.07) is 0. The number of hydrogen-bond acceptors (Lipinski definition) is 2. The lowest BCUT2D eigenvalue weighted by atomic mass is 10.1. The molecule has 0 N–H and O–H groups in total. The second kappa shape index (κ2) is 2.06. The Morgan fingerprint density at radius 1 is 1.50 bits per heavy atom.